The van der Waals surface area contributed by atoms with Gasteiger partial charge >= 0.3 is 0 Å². The number of hydrogen-bond donors (Lipinski definition) is 1. The molecule has 6 nitrogen and oxygen atoms in total. The Bertz CT molecular complexity index is 1090. The van der Waals surface area contributed by atoms with E-state index in [4.69, 9.17) is 9.47 Å². The number of nitrogens with zero attached hydrogens (tertiary/aromatic N) is 1. The Labute approximate surface area is 206 Å². The van der Waals surface area contributed by atoms with Crippen LogP contribution in [0.5, 0.6) is 5.75 Å². The molecule has 35 heavy (non-hydrogen) atoms. The largest absolute Gasteiger partial charge is 0.507 e. The van der Waals surface area contributed by atoms with Crippen molar-refractivity contribution in [2.24, 2.45) is 0 Å². The van der Waals surface area contributed by atoms with E-state index in [0.717, 1.165) is 5.56 Å². The molecule has 1 saturated heterocycles. The van der Waals surface area contributed by atoms with E-state index in [2.05, 4.69) is 0 Å². The van der Waals surface area contributed by atoms with E-state index < -0.39 is 23.5 Å². The molecule has 7 heteroatoms. The molecule has 0 radical (unpaired) electrons. The van der Waals surface area contributed by atoms with Crippen LogP contribution in [0.15, 0.2) is 48.0 Å². The molecule has 1 atom stereocenters. The molecule has 1 unspecified atom stereocenters. The van der Waals surface area contributed by atoms with E-state index in [-0.39, 0.29) is 29.9 Å². The minimum Gasteiger partial charge on any atom is -0.507 e. The fraction of sp³-hybridized carbons (Fsp3) is 0.429. The van der Waals surface area contributed by atoms with Gasteiger partial charge in [-0.15, -0.1) is 0 Å². The molecule has 188 valence electrons. The van der Waals surface area contributed by atoms with Crippen molar-refractivity contribution in [3.05, 3.63) is 70.5 Å². The topological polar surface area (TPSA) is 76.1 Å². The minimum atomic E-state index is -0.830. The van der Waals surface area contributed by atoms with E-state index in [0.29, 0.717) is 36.5 Å². The summed E-state index contributed by atoms with van der Waals surface area (Å²) in [4.78, 5) is 27.6. The monoisotopic (exact) mass is 483 g/mol. The molecule has 2 aromatic rings. The molecule has 1 aliphatic rings. The number of carbonyl (C=O) groups is 2. The molecule has 0 aromatic heterocycles. The third-order valence-corrected chi connectivity index (χ3v) is 5.93. The maximum atomic E-state index is 13.7. The van der Waals surface area contributed by atoms with Crippen molar-refractivity contribution in [3.8, 4) is 5.75 Å². The number of carbonyl (C=O) groups excluding carboxylic acids is 2. The van der Waals surface area contributed by atoms with Crippen molar-refractivity contribution in [1.29, 1.82) is 0 Å². The fourth-order valence-corrected chi connectivity index (χ4v) is 4.25. The molecule has 0 spiro atoms. The second kappa shape index (κ2) is 11.5. The lowest BCUT2D eigenvalue weighted by molar-refractivity contribution is -0.140. The third-order valence-electron chi connectivity index (χ3n) is 5.93. The molecule has 1 amide bonds. The highest BCUT2D eigenvalue weighted by Crippen LogP contribution is 2.40. The van der Waals surface area contributed by atoms with Gasteiger partial charge in [-0.05, 0) is 74.6 Å². The van der Waals surface area contributed by atoms with Crippen molar-refractivity contribution in [2.45, 2.75) is 59.1 Å². The van der Waals surface area contributed by atoms with Gasteiger partial charge in [-0.1, -0.05) is 26.0 Å². The lowest BCUT2D eigenvalue weighted by atomic mass is 9.93. The second-order valence-electron chi connectivity index (χ2n) is 9.16. The summed E-state index contributed by atoms with van der Waals surface area (Å²) >= 11 is 0. The van der Waals surface area contributed by atoms with Crippen molar-refractivity contribution in [3.63, 3.8) is 0 Å². The van der Waals surface area contributed by atoms with Gasteiger partial charge < -0.3 is 19.5 Å². The van der Waals surface area contributed by atoms with E-state index in [9.17, 15) is 19.1 Å². The number of rotatable bonds is 10. The Morgan fingerprint density at radius 3 is 2.37 bits per heavy atom. The number of ether oxygens (including phenoxy) is 2. The second-order valence-corrected chi connectivity index (χ2v) is 9.16. The molecule has 0 saturated carbocycles. The minimum absolute atomic E-state index is 0.00903. The molecule has 1 N–H and O–H groups in total. The summed E-state index contributed by atoms with van der Waals surface area (Å²) in [7, 11) is 0. The van der Waals surface area contributed by atoms with Crippen molar-refractivity contribution < 1.29 is 28.6 Å². The van der Waals surface area contributed by atoms with Crippen molar-refractivity contribution in [1.82, 2.24) is 4.90 Å². The van der Waals surface area contributed by atoms with Gasteiger partial charge in [0.15, 0.2) is 0 Å². The lowest BCUT2D eigenvalue weighted by Gasteiger charge is -2.25. The van der Waals surface area contributed by atoms with E-state index in [1.807, 2.05) is 34.6 Å². The fourth-order valence-electron chi connectivity index (χ4n) is 4.25. The Hall–Kier alpha value is -3.19. The summed E-state index contributed by atoms with van der Waals surface area (Å²) in [5, 5.41) is 11.3. The summed E-state index contributed by atoms with van der Waals surface area (Å²) in [5.74, 6) is -1.32. The third kappa shape index (κ3) is 5.90. The Balaban J connectivity index is 2.08. The highest BCUT2D eigenvalue weighted by atomic mass is 19.1. The molecule has 1 heterocycles. The van der Waals surface area contributed by atoms with E-state index in [1.165, 1.54) is 29.2 Å². The SMILES string of the molecule is CCOc1ccc(/C(O)=C2/C(=O)C(=O)N(CCCOC(C)C)C2c2ccc(F)cc2)cc1C(C)C. The number of amides is 1. The number of Topliss-reactive ketones (excluding diaryl/α,β-unsaturated/α-hetero) is 1. The van der Waals surface area contributed by atoms with Crippen LogP contribution in [0.1, 0.15) is 69.7 Å². The van der Waals surface area contributed by atoms with Crippen LogP contribution in [0.3, 0.4) is 0 Å². The van der Waals surface area contributed by atoms with Gasteiger partial charge in [0.25, 0.3) is 11.7 Å². The summed E-state index contributed by atoms with van der Waals surface area (Å²) in [6.45, 7) is 11.0. The first-order valence-corrected chi connectivity index (χ1v) is 12.1. The number of halogens is 1. The normalized spacial score (nSPS) is 17.6. The number of benzene rings is 2. The van der Waals surface area contributed by atoms with Gasteiger partial charge in [-0.2, -0.15) is 0 Å². The highest BCUT2D eigenvalue weighted by molar-refractivity contribution is 6.46. The smallest absolute Gasteiger partial charge is 0.295 e. The Morgan fingerprint density at radius 1 is 1.09 bits per heavy atom. The summed E-state index contributed by atoms with van der Waals surface area (Å²) in [6, 6.07) is 10.0. The summed E-state index contributed by atoms with van der Waals surface area (Å²) < 4.78 is 24.9. The van der Waals surface area contributed by atoms with Crippen LogP contribution in [0.25, 0.3) is 5.76 Å². The molecule has 3 rings (SSSR count). The summed E-state index contributed by atoms with van der Waals surface area (Å²) in [6.07, 6.45) is 0.567. The molecular weight excluding hydrogens is 449 g/mol. The van der Waals surface area contributed by atoms with Gasteiger partial charge in [0, 0.05) is 18.7 Å². The first-order chi connectivity index (χ1) is 16.6. The van der Waals surface area contributed by atoms with Crippen LogP contribution in [0.2, 0.25) is 0 Å². The van der Waals surface area contributed by atoms with Crippen molar-refractivity contribution >= 4 is 17.4 Å². The van der Waals surface area contributed by atoms with Crippen LogP contribution in [0, 0.1) is 5.82 Å². The number of ketones is 1. The van der Waals surface area contributed by atoms with Gasteiger partial charge in [0.1, 0.15) is 17.3 Å². The average Bonchev–Trinajstić information content (AvgIpc) is 3.07. The zero-order valence-corrected chi connectivity index (χ0v) is 21.0. The quantitative estimate of drug-likeness (QED) is 0.207. The molecule has 2 aromatic carbocycles. The van der Waals surface area contributed by atoms with E-state index >= 15 is 0 Å². The van der Waals surface area contributed by atoms with Gasteiger partial charge in [-0.3, -0.25) is 9.59 Å². The molecule has 1 aliphatic heterocycles. The highest BCUT2D eigenvalue weighted by Gasteiger charge is 2.45. The first kappa shape index (κ1) is 26.4. The van der Waals surface area contributed by atoms with Gasteiger partial charge in [-0.25, -0.2) is 4.39 Å². The zero-order valence-electron chi connectivity index (χ0n) is 21.0. The Kier molecular flexibility index (Phi) is 8.67. The number of likely N-dealkylation sites (tertiary alicyclic amines) is 1. The van der Waals surface area contributed by atoms with E-state index in [1.54, 1.807) is 18.2 Å². The lowest BCUT2D eigenvalue weighted by Crippen LogP contribution is -2.31. The molecule has 0 bridgehead atoms. The number of aliphatic hydroxyl groups excluding tert-OH is 1. The zero-order chi connectivity index (χ0) is 25.7. The van der Waals surface area contributed by atoms with Crippen LogP contribution in [-0.4, -0.2) is 47.6 Å². The first-order valence-electron chi connectivity index (χ1n) is 12.1. The van der Waals surface area contributed by atoms with Crippen molar-refractivity contribution in [2.75, 3.05) is 19.8 Å². The maximum Gasteiger partial charge on any atom is 0.295 e. The predicted molar refractivity (Wildman–Crippen MR) is 133 cm³/mol. The molecular formula is C28H34FNO5. The maximum absolute atomic E-state index is 13.7. The molecule has 1 fully saturated rings. The molecule has 0 aliphatic carbocycles. The average molecular weight is 484 g/mol. The number of aliphatic hydroxyl groups is 1. The van der Waals surface area contributed by atoms with Crippen LogP contribution in [-0.2, 0) is 14.3 Å². The predicted octanol–water partition coefficient (Wildman–Crippen LogP) is 5.58. The van der Waals surface area contributed by atoms with Crippen LogP contribution < -0.4 is 4.74 Å². The Morgan fingerprint density at radius 2 is 1.77 bits per heavy atom. The van der Waals surface area contributed by atoms with Gasteiger partial charge in [0.2, 0.25) is 0 Å². The number of hydrogen-bond acceptors (Lipinski definition) is 5. The van der Waals surface area contributed by atoms with Gasteiger partial charge in [0.05, 0.1) is 24.3 Å². The standard InChI is InChI=1S/C28H34FNO5/c1-6-34-23-13-10-20(16-22(23)17(2)3)26(31)24-25(19-8-11-21(29)12-9-19)30(28(33)27(24)32)14-7-15-35-18(4)5/h8-13,16-18,25,31H,6-7,14-15H2,1-5H3/b26-24-. The summed E-state index contributed by atoms with van der Waals surface area (Å²) in [5.41, 5.74) is 1.84. The van der Waals surface area contributed by atoms with Crippen LogP contribution in [0.4, 0.5) is 4.39 Å². The van der Waals surface area contributed by atoms with Crippen LogP contribution >= 0.6 is 0 Å².